The van der Waals surface area contributed by atoms with Gasteiger partial charge in [-0.15, -0.1) is 0 Å². The van der Waals surface area contributed by atoms with Gasteiger partial charge in [0.2, 0.25) is 5.91 Å². The Bertz CT molecular complexity index is 283. The van der Waals surface area contributed by atoms with Gasteiger partial charge in [0.15, 0.2) is 0 Å². The second-order valence-corrected chi connectivity index (χ2v) is 5.16. The van der Waals surface area contributed by atoms with Gasteiger partial charge in [-0.25, -0.2) is 4.79 Å². The molecule has 0 spiro atoms. The predicted octanol–water partition coefficient (Wildman–Crippen LogP) is 1.13. The number of hydrogen-bond acceptors (Lipinski definition) is 3. The first-order valence-electron chi connectivity index (χ1n) is 5.51. The molecule has 92 valence electrons. The highest BCUT2D eigenvalue weighted by Gasteiger charge is 2.25. The van der Waals surface area contributed by atoms with E-state index in [-0.39, 0.29) is 18.0 Å². The Kier molecular flexibility index (Phi) is 3.78. The maximum absolute atomic E-state index is 11.6. The first-order chi connectivity index (χ1) is 7.28. The van der Waals surface area contributed by atoms with Gasteiger partial charge in [-0.2, -0.15) is 0 Å². The van der Waals surface area contributed by atoms with Gasteiger partial charge in [-0.05, 0) is 27.2 Å². The van der Waals surface area contributed by atoms with E-state index in [0.717, 1.165) is 6.42 Å². The number of rotatable bonds is 2. The van der Waals surface area contributed by atoms with Crippen LogP contribution in [-0.2, 0) is 9.53 Å². The van der Waals surface area contributed by atoms with E-state index in [2.05, 4.69) is 5.32 Å². The summed E-state index contributed by atoms with van der Waals surface area (Å²) in [7, 11) is 1.68. The molecule has 2 amide bonds. The summed E-state index contributed by atoms with van der Waals surface area (Å²) < 4.78 is 5.21. The first kappa shape index (κ1) is 12.8. The number of carbonyl (C=O) groups excluding carboxylic acids is 2. The van der Waals surface area contributed by atoms with Crippen LogP contribution in [0.1, 0.15) is 33.6 Å². The lowest BCUT2D eigenvalue weighted by molar-refractivity contribution is -0.119. The maximum atomic E-state index is 11.6. The van der Waals surface area contributed by atoms with Crippen molar-refractivity contribution in [1.82, 2.24) is 10.2 Å². The third-order valence-electron chi connectivity index (χ3n) is 2.28. The Labute approximate surface area is 96.1 Å². The van der Waals surface area contributed by atoms with E-state index in [1.54, 1.807) is 7.05 Å². The number of nitrogens with zero attached hydrogens (tertiary/aromatic N) is 1. The summed E-state index contributed by atoms with van der Waals surface area (Å²) >= 11 is 0. The zero-order valence-corrected chi connectivity index (χ0v) is 10.4. The zero-order valence-electron chi connectivity index (χ0n) is 10.4. The molecule has 5 heteroatoms. The molecule has 1 rings (SSSR count). The Hall–Kier alpha value is -1.26. The highest BCUT2D eigenvalue weighted by atomic mass is 16.6. The summed E-state index contributed by atoms with van der Waals surface area (Å²) in [5, 5.41) is 2.81. The summed E-state index contributed by atoms with van der Waals surface area (Å²) in [6.45, 7) is 5.99. The van der Waals surface area contributed by atoms with Crippen LogP contribution in [0.4, 0.5) is 4.79 Å². The standard InChI is InChI=1S/C11H20N2O3/c1-11(2,3)16-10(15)13(4)7-8-5-6-9(14)12-8/h8H,5-7H2,1-4H3,(H,12,14)/t8-/m0/s1. The van der Waals surface area contributed by atoms with Crippen molar-refractivity contribution < 1.29 is 14.3 Å². The molecule has 0 radical (unpaired) electrons. The molecule has 1 N–H and O–H groups in total. The van der Waals surface area contributed by atoms with Gasteiger partial charge in [0.1, 0.15) is 5.60 Å². The Morgan fingerprint density at radius 1 is 1.56 bits per heavy atom. The number of carbonyl (C=O) groups is 2. The van der Waals surface area contributed by atoms with Gasteiger partial charge in [-0.3, -0.25) is 4.79 Å². The van der Waals surface area contributed by atoms with E-state index < -0.39 is 5.60 Å². The molecule has 0 unspecified atom stereocenters. The third kappa shape index (κ3) is 4.08. The first-order valence-corrected chi connectivity index (χ1v) is 5.51. The van der Waals surface area contributed by atoms with Crippen LogP contribution >= 0.6 is 0 Å². The van der Waals surface area contributed by atoms with Crippen LogP contribution in [0, 0.1) is 0 Å². The SMILES string of the molecule is CN(C[C@@H]1CCC(=O)N1)C(=O)OC(C)(C)C. The molecule has 1 heterocycles. The fraction of sp³-hybridized carbons (Fsp3) is 0.818. The maximum Gasteiger partial charge on any atom is 0.410 e. The largest absolute Gasteiger partial charge is 0.444 e. The number of ether oxygens (including phenoxy) is 1. The summed E-state index contributed by atoms with van der Waals surface area (Å²) in [6, 6.07) is 0.0602. The molecular weight excluding hydrogens is 208 g/mol. The van der Waals surface area contributed by atoms with Crippen molar-refractivity contribution in [3.63, 3.8) is 0 Å². The molecule has 1 saturated heterocycles. The van der Waals surface area contributed by atoms with E-state index in [1.807, 2.05) is 20.8 Å². The lowest BCUT2D eigenvalue weighted by atomic mass is 10.2. The monoisotopic (exact) mass is 228 g/mol. The fourth-order valence-electron chi connectivity index (χ4n) is 1.56. The second-order valence-electron chi connectivity index (χ2n) is 5.16. The van der Waals surface area contributed by atoms with Crippen LogP contribution in [0.2, 0.25) is 0 Å². The van der Waals surface area contributed by atoms with E-state index >= 15 is 0 Å². The van der Waals surface area contributed by atoms with Crippen LogP contribution < -0.4 is 5.32 Å². The van der Waals surface area contributed by atoms with Crippen LogP contribution in [0.15, 0.2) is 0 Å². The molecule has 0 aromatic carbocycles. The number of hydrogen-bond donors (Lipinski definition) is 1. The van der Waals surface area contributed by atoms with Gasteiger partial charge in [0.05, 0.1) is 0 Å². The molecule has 0 aliphatic carbocycles. The Morgan fingerprint density at radius 2 is 2.19 bits per heavy atom. The smallest absolute Gasteiger partial charge is 0.410 e. The van der Waals surface area contributed by atoms with Crippen molar-refractivity contribution in [1.29, 1.82) is 0 Å². The average Bonchev–Trinajstić information content (AvgIpc) is 2.48. The van der Waals surface area contributed by atoms with Crippen molar-refractivity contribution in [3.8, 4) is 0 Å². The quantitative estimate of drug-likeness (QED) is 0.770. The van der Waals surface area contributed by atoms with E-state index in [4.69, 9.17) is 4.74 Å². The van der Waals surface area contributed by atoms with Crippen molar-refractivity contribution in [2.24, 2.45) is 0 Å². The highest BCUT2D eigenvalue weighted by Crippen LogP contribution is 2.11. The normalized spacial score (nSPS) is 20.5. The molecule has 1 atom stereocenters. The highest BCUT2D eigenvalue weighted by molar-refractivity contribution is 5.78. The zero-order chi connectivity index (χ0) is 12.3. The second kappa shape index (κ2) is 4.72. The molecule has 1 aliphatic heterocycles. The van der Waals surface area contributed by atoms with Gasteiger partial charge >= 0.3 is 6.09 Å². The van der Waals surface area contributed by atoms with Gasteiger partial charge in [0, 0.05) is 26.1 Å². The minimum absolute atomic E-state index is 0.0580. The molecule has 16 heavy (non-hydrogen) atoms. The molecular formula is C11H20N2O3. The van der Waals surface area contributed by atoms with Gasteiger partial charge < -0.3 is 15.0 Å². The third-order valence-corrected chi connectivity index (χ3v) is 2.28. The van der Waals surface area contributed by atoms with Crippen LogP contribution in [0.25, 0.3) is 0 Å². The Balaban J connectivity index is 2.37. The van der Waals surface area contributed by atoms with E-state index in [1.165, 1.54) is 4.90 Å². The lowest BCUT2D eigenvalue weighted by Crippen LogP contribution is -2.42. The summed E-state index contributed by atoms with van der Waals surface area (Å²) in [5.74, 6) is 0.0580. The summed E-state index contributed by atoms with van der Waals surface area (Å²) in [4.78, 5) is 24.1. The van der Waals surface area contributed by atoms with Crippen molar-refractivity contribution in [3.05, 3.63) is 0 Å². The van der Waals surface area contributed by atoms with Gasteiger partial charge in [0.25, 0.3) is 0 Å². The molecule has 1 fully saturated rings. The molecule has 0 saturated carbocycles. The predicted molar refractivity (Wildman–Crippen MR) is 60.0 cm³/mol. The van der Waals surface area contributed by atoms with Crippen LogP contribution in [-0.4, -0.2) is 42.1 Å². The van der Waals surface area contributed by atoms with Crippen molar-refractivity contribution >= 4 is 12.0 Å². The number of likely N-dealkylation sites (N-methyl/N-ethyl adjacent to an activating group) is 1. The van der Waals surface area contributed by atoms with E-state index in [0.29, 0.717) is 13.0 Å². The van der Waals surface area contributed by atoms with Crippen LogP contribution in [0.3, 0.4) is 0 Å². The molecule has 0 aromatic heterocycles. The topological polar surface area (TPSA) is 58.6 Å². The molecule has 1 aliphatic rings. The van der Waals surface area contributed by atoms with Crippen LogP contribution in [0.5, 0.6) is 0 Å². The molecule has 0 aromatic rings. The van der Waals surface area contributed by atoms with Crippen molar-refractivity contribution in [2.75, 3.05) is 13.6 Å². The molecule has 5 nitrogen and oxygen atoms in total. The average molecular weight is 228 g/mol. The minimum atomic E-state index is -0.482. The van der Waals surface area contributed by atoms with Gasteiger partial charge in [-0.1, -0.05) is 0 Å². The number of amides is 2. The molecule has 0 bridgehead atoms. The fourth-order valence-corrected chi connectivity index (χ4v) is 1.56. The summed E-state index contributed by atoms with van der Waals surface area (Å²) in [6.07, 6.45) is 0.979. The lowest BCUT2D eigenvalue weighted by Gasteiger charge is -2.26. The van der Waals surface area contributed by atoms with E-state index in [9.17, 15) is 9.59 Å². The summed E-state index contributed by atoms with van der Waals surface area (Å²) in [5.41, 5.74) is -0.482. The minimum Gasteiger partial charge on any atom is -0.444 e. The number of nitrogens with one attached hydrogen (secondary N) is 1. The van der Waals surface area contributed by atoms with Crippen molar-refractivity contribution in [2.45, 2.75) is 45.3 Å². The Morgan fingerprint density at radius 3 is 2.62 bits per heavy atom.